The quantitative estimate of drug-likeness (QED) is 0.839. The van der Waals surface area contributed by atoms with Crippen LogP contribution in [-0.4, -0.2) is 23.1 Å². The lowest BCUT2D eigenvalue weighted by molar-refractivity contribution is -0.153. The van der Waals surface area contributed by atoms with Crippen molar-refractivity contribution in [1.82, 2.24) is 10.3 Å². The predicted molar refractivity (Wildman–Crippen MR) is 69.1 cm³/mol. The summed E-state index contributed by atoms with van der Waals surface area (Å²) in [7, 11) is 0. The first-order valence-electron chi connectivity index (χ1n) is 5.63. The van der Waals surface area contributed by atoms with Gasteiger partial charge in [-0.15, -0.1) is 11.3 Å². The molecule has 0 amide bonds. The van der Waals surface area contributed by atoms with Crippen molar-refractivity contribution >= 4 is 17.3 Å². The van der Waals surface area contributed by atoms with Gasteiger partial charge in [0.25, 0.3) is 0 Å². The molecule has 0 spiro atoms. The van der Waals surface area contributed by atoms with Gasteiger partial charge in [-0.1, -0.05) is 0 Å². The van der Waals surface area contributed by atoms with Crippen molar-refractivity contribution in [3.8, 4) is 0 Å². The summed E-state index contributed by atoms with van der Waals surface area (Å²) in [6, 6.07) is 0. The molecule has 1 heterocycles. The number of aryl methyl sites for hydroxylation is 2. The zero-order valence-electron chi connectivity index (χ0n) is 11.1. The van der Waals surface area contributed by atoms with Crippen LogP contribution in [-0.2, 0) is 16.1 Å². The number of rotatable bonds is 4. The fourth-order valence-electron chi connectivity index (χ4n) is 1.39. The maximum atomic E-state index is 11.4. The van der Waals surface area contributed by atoms with Gasteiger partial charge in [-0.2, -0.15) is 0 Å². The lowest BCUT2D eigenvalue weighted by Crippen LogP contribution is -2.31. The minimum Gasteiger partial charge on any atom is -0.459 e. The van der Waals surface area contributed by atoms with Gasteiger partial charge in [-0.3, -0.25) is 4.79 Å². The van der Waals surface area contributed by atoms with Crippen molar-refractivity contribution in [2.75, 3.05) is 6.54 Å². The second-order valence-corrected chi connectivity index (χ2v) is 6.22. The summed E-state index contributed by atoms with van der Waals surface area (Å²) in [5, 5.41) is 4.13. The maximum Gasteiger partial charge on any atom is 0.320 e. The number of aromatic nitrogens is 1. The number of hydrogen-bond donors (Lipinski definition) is 1. The van der Waals surface area contributed by atoms with Crippen molar-refractivity contribution < 1.29 is 9.53 Å². The molecule has 0 saturated carbocycles. The lowest BCUT2D eigenvalue weighted by Gasteiger charge is -2.19. The van der Waals surface area contributed by atoms with E-state index in [2.05, 4.69) is 10.3 Å². The van der Waals surface area contributed by atoms with Crippen LogP contribution in [0.1, 0.15) is 36.3 Å². The minimum absolute atomic E-state index is 0.226. The van der Waals surface area contributed by atoms with Crippen molar-refractivity contribution in [3.63, 3.8) is 0 Å². The van der Waals surface area contributed by atoms with E-state index < -0.39 is 5.60 Å². The molecule has 4 nitrogen and oxygen atoms in total. The van der Waals surface area contributed by atoms with E-state index in [4.69, 9.17) is 4.74 Å². The van der Waals surface area contributed by atoms with Crippen LogP contribution >= 0.6 is 11.3 Å². The van der Waals surface area contributed by atoms with Crippen LogP contribution in [0.15, 0.2) is 0 Å². The summed E-state index contributed by atoms with van der Waals surface area (Å²) in [4.78, 5) is 16.9. The highest BCUT2D eigenvalue weighted by molar-refractivity contribution is 7.11. The minimum atomic E-state index is -0.421. The number of esters is 1. The molecule has 1 aromatic rings. The second-order valence-electron chi connectivity index (χ2n) is 4.93. The molecule has 0 fully saturated rings. The van der Waals surface area contributed by atoms with Crippen molar-refractivity contribution in [1.29, 1.82) is 0 Å². The monoisotopic (exact) mass is 256 g/mol. The van der Waals surface area contributed by atoms with Crippen molar-refractivity contribution in [2.24, 2.45) is 0 Å². The molecule has 0 aromatic carbocycles. The normalized spacial score (nSPS) is 11.6. The Balaban J connectivity index is 2.33. The summed E-state index contributed by atoms with van der Waals surface area (Å²) in [6.45, 7) is 10.4. The van der Waals surface area contributed by atoms with Gasteiger partial charge in [0, 0.05) is 11.4 Å². The molecular formula is C12H20N2O2S. The third-order valence-corrected chi connectivity index (χ3v) is 3.05. The molecule has 0 radical (unpaired) electrons. The highest BCUT2D eigenvalue weighted by atomic mass is 32.1. The van der Waals surface area contributed by atoms with Crippen LogP contribution in [0.5, 0.6) is 0 Å². The van der Waals surface area contributed by atoms with Crippen molar-refractivity contribution in [2.45, 2.75) is 46.8 Å². The largest absolute Gasteiger partial charge is 0.459 e. The first-order chi connectivity index (χ1) is 7.78. The average Bonchev–Trinajstić information content (AvgIpc) is 2.42. The molecule has 96 valence electrons. The van der Waals surface area contributed by atoms with E-state index in [-0.39, 0.29) is 12.5 Å². The molecule has 0 aliphatic carbocycles. The first kappa shape index (κ1) is 14.1. The molecule has 0 bridgehead atoms. The smallest absolute Gasteiger partial charge is 0.320 e. The van der Waals surface area contributed by atoms with Crippen LogP contribution in [0.3, 0.4) is 0 Å². The van der Waals surface area contributed by atoms with Crippen molar-refractivity contribution in [3.05, 3.63) is 15.6 Å². The lowest BCUT2D eigenvalue weighted by atomic mass is 10.2. The van der Waals surface area contributed by atoms with Gasteiger partial charge >= 0.3 is 5.97 Å². The van der Waals surface area contributed by atoms with Crippen LogP contribution in [0.25, 0.3) is 0 Å². The van der Waals surface area contributed by atoms with Crippen LogP contribution < -0.4 is 5.32 Å². The van der Waals surface area contributed by atoms with E-state index in [0.29, 0.717) is 6.54 Å². The molecule has 0 aliphatic heterocycles. The van der Waals surface area contributed by atoms with E-state index in [0.717, 1.165) is 10.7 Å². The van der Waals surface area contributed by atoms with Gasteiger partial charge in [-0.25, -0.2) is 4.98 Å². The molecule has 1 aromatic heterocycles. The molecule has 5 heteroatoms. The molecule has 1 N–H and O–H groups in total. The number of nitrogens with one attached hydrogen (secondary N) is 1. The fraction of sp³-hybridized carbons (Fsp3) is 0.667. The maximum absolute atomic E-state index is 11.4. The van der Waals surface area contributed by atoms with E-state index in [1.54, 1.807) is 11.3 Å². The highest BCUT2D eigenvalue weighted by Gasteiger charge is 2.15. The van der Waals surface area contributed by atoms with E-state index >= 15 is 0 Å². The van der Waals surface area contributed by atoms with Gasteiger partial charge in [-0.05, 0) is 34.6 Å². The molecule has 0 saturated heterocycles. The summed E-state index contributed by atoms with van der Waals surface area (Å²) < 4.78 is 5.20. The highest BCUT2D eigenvalue weighted by Crippen LogP contribution is 2.16. The fourth-order valence-corrected chi connectivity index (χ4v) is 2.30. The SMILES string of the molecule is Cc1nc(C)c(CNCC(=O)OC(C)(C)C)s1. The Hall–Kier alpha value is -0.940. The Labute approximate surface area is 106 Å². The van der Waals surface area contributed by atoms with Gasteiger partial charge in [0.15, 0.2) is 0 Å². The standard InChI is InChI=1S/C12H20N2O2S/c1-8-10(17-9(2)14-8)6-13-7-11(15)16-12(3,4)5/h13H,6-7H2,1-5H3. The first-order valence-corrected chi connectivity index (χ1v) is 6.45. The van der Waals surface area contributed by atoms with Gasteiger partial charge in [0.2, 0.25) is 0 Å². The summed E-state index contributed by atoms with van der Waals surface area (Å²) >= 11 is 1.65. The van der Waals surface area contributed by atoms with Crippen LogP contribution in [0.4, 0.5) is 0 Å². The molecule has 17 heavy (non-hydrogen) atoms. The molecular weight excluding hydrogens is 236 g/mol. The zero-order chi connectivity index (χ0) is 13.1. The molecule has 1 rings (SSSR count). The van der Waals surface area contributed by atoms with E-state index in [1.165, 1.54) is 4.88 Å². The molecule has 0 unspecified atom stereocenters. The van der Waals surface area contributed by atoms with Crippen LogP contribution in [0.2, 0.25) is 0 Å². The summed E-state index contributed by atoms with van der Waals surface area (Å²) in [6.07, 6.45) is 0. The third-order valence-electron chi connectivity index (χ3n) is 1.97. The Kier molecular flexibility index (Phi) is 4.65. The Morgan fingerprint density at radius 3 is 2.53 bits per heavy atom. The summed E-state index contributed by atoms with van der Waals surface area (Å²) in [5.74, 6) is -0.226. The number of carbonyl (C=O) groups is 1. The number of thiazole rings is 1. The second kappa shape index (κ2) is 5.60. The topological polar surface area (TPSA) is 51.2 Å². The Bertz CT molecular complexity index is 394. The summed E-state index contributed by atoms with van der Waals surface area (Å²) in [5.41, 5.74) is 0.611. The van der Waals surface area contributed by atoms with Crippen LogP contribution in [0, 0.1) is 13.8 Å². The Morgan fingerprint density at radius 2 is 2.06 bits per heavy atom. The number of nitrogens with zero attached hydrogens (tertiary/aromatic N) is 1. The van der Waals surface area contributed by atoms with Gasteiger partial charge < -0.3 is 10.1 Å². The Morgan fingerprint density at radius 1 is 1.41 bits per heavy atom. The van der Waals surface area contributed by atoms with E-state index in [1.807, 2.05) is 34.6 Å². The number of hydrogen-bond acceptors (Lipinski definition) is 5. The van der Waals surface area contributed by atoms with Gasteiger partial charge in [0.05, 0.1) is 17.2 Å². The predicted octanol–water partition coefficient (Wildman–Crippen LogP) is 2.19. The number of carbonyl (C=O) groups excluding carboxylic acids is 1. The average molecular weight is 256 g/mol. The molecule has 0 atom stereocenters. The third kappa shape index (κ3) is 5.28. The zero-order valence-corrected chi connectivity index (χ0v) is 11.9. The number of ether oxygens (including phenoxy) is 1. The van der Waals surface area contributed by atoms with E-state index in [9.17, 15) is 4.79 Å². The molecule has 0 aliphatic rings. The van der Waals surface area contributed by atoms with Gasteiger partial charge in [0.1, 0.15) is 5.60 Å².